The van der Waals surface area contributed by atoms with E-state index in [1.165, 1.54) is 30.0 Å². The summed E-state index contributed by atoms with van der Waals surface area (Å²) in [5, 5.41) is 5.14. The zero-order valence-corrected chi connectivity index (χ0v) is 18.2. The minimum Gasteiger partial charge on any atom is -0.454 e. The molecule has 2 amide bonds. The quantitative estimate of drug-likeness (QED) is 0.535. The van der Waals surface area contributed by atoms with Gasteiger partial charge in [0.05, 0.1) is 15.6 Å². The van der Waals surface area contributed by atoms with Gasteiger partial charge in [-0.25, -0.2) is 9.18 Å². The van der Waals surface area contributed by atoms with Gasteiger partial charge in [0, 0.05) is 5.69 Å². The van der Waals surface area contributed by atoms with Crippen LogP contribution in [0.4, 0.5) is 10.1 Å². The molecule has 30 heavy (non-hydrogen) atoms. The Morgan fingerprint density at radius 2 is 1.87 bits per heavy atom. The van der Waals surface area contributed by atoms with Gasteiger partial charge in [-0.05, 0) is 48.8 Å². The molecule has 1 atom stereocenters. The number of nitrogens with one attached hydrogen (secondary N) is 2. The summed E-state index contributed by atoms with van der Waals surface area (Å²) in [5.41, 5.74) is 0.487. The molecule has 160 valence electrons. The van der Waals surface area contributed by atoms with Gasteiger partial charge < -0.3 is 15.4 Å². The van der Waals surface area contributed by atoms with E-state index < -0.39 is 36.2 Å². The number of ether oxygens (including phenoxy) is 1. The fraction of sp³-hybridized carbons (Fsp3) is 0.250. The van der Waals surface area contributed by atoms with Gasteiger partial charge in [-0.3, -0.25) is 9.59 Å². The third-order valence-electron chi connectivity index (χ3n) is 3.87. The number of halogens is 3. The molecule has 2 N–H and O–H groups in total. The summed E-state index contributed by atoms with van der Waals surface area (Å²) in [7, 11) is 0. The standard InChI is InChI=1S/C20H19Cl2FN2O4S/c1-30-9-8-17(25-19(27)13-4-2-3-5-14(13)21)20(28)29-11-18(26)24-12-6-7-16(23)15(22)10-12/h2-7,10,17H,8-9,11H2,1H3,(H,24,26)(H,25,27). The van der Waals surface area contributed by atoms with E-state index in [9.17, 15) is 18.8 Å². The second-order valence-electron chi connectivity index (χ2n) is 6.07. The predicted molar refractivity (Wildman–Crippen MR) is 117 cm³/mol. The van der Waals surface area contributed by atoms with Crippen molar-refractivity contribution in [3.05, 3.63) is 63.9 Å². The Kier molecular flexibility index (Phi) is 9.42. The highest BCUT2D eigenvalue weighted by Gasteiger charge is 2.24. The van der Waals surface area contributed by atoms with E-state index in [2.05, 4.69) is 10.6 Å². The van der Waals surface area contributed by atoms with Crippen molar-refractivity contribution in [2.24, 2.45) is 0 Å². The van der Waals surface area contributed by atoms with Crippen molar-refractivity contribution >= 4 is 58.4 Å². The molecule has 1 unspecified atom stereocenters. The number of anilines is 1. The molecule has 0 saturated carbocycles. The lowest BCUT2D eigenvalue weighted by molar-refractivity contribution is -0.149. The molecule has 2 aromatic rings. The smallest absolute Gasteiger partial charge is 0.329 e. The third-order valence-corrected chi connectivity index (χ3v) is 5.13. The van der Waals surface area contributed by atoms with Crippen LogP contribution in [0.3, 0.4) is 0 Å². The van der Waals surface area contributed by atoms with E-state index in [0.29, 0.717) is 12.2 Å². The van der Waals surface area contributed by atoms with E-state index in [4.69, 9.17) is 27.9 Å². The Labute approximate surface area is 187 Å². The molecule has 0 aromatic heterocycles. The highest BCUT2D eigenvalue weighted by atomic mass is 35.5. The Bertz CT molecular complexity index is 929. The lowest BCUT2D eigenvalue weighted by Crippen LogP contribution is -2.43. The lowest BCUT2D eigenvalue weighted by Gasteiger charge is -2.17. The maximum atomic E-state index is 13.2. The van der Waals surface area contributed by atoms with E-state index in [0.717, 1.165) is 6.07 Å². The number of esters is 1. The number of carbonyl (C=O) groups excluding carboxylic acids is 3. The molecule has 0 bridgehead atoms. The SMILES string of the molecule is CSCCC(NC(=O)c1ccccc1Cl)C(=O)OCC(=O)Nc1ccc(F)c(Cl)c1. The van der Waals surface area contributed by atoms with E-state index in [1.54, 1.807) is 18.2 Å². The van der Waals surface area contributed by atoms with Crippen LogP contribution >= 0.6 is 35.0 Å². The van der Waals surface area contributed by atoms with E-state index in [-0.39, 0.29) is 21.3 Å². The minimum absolute atomic E-state index is 0.149. The van der Waals surface area contributed by atoms with Gasteiger partial charge in [0.25, 0.3) is 11.8 Å². The molecule has 0 aliphatic heterocycles. The van der Waals surface area contributed by atoms with Crippen LogP contribution in [0.2, 0.25) is 10.0 Å². The first-order valence-electron chi connectivity index (χ1n) is 8.77. The maximum absolute atomic E-state index is 13.2. The largest absolute Gasteiger partial charge is 0.454 e. The van der Waals surface area contributed by atoms with Crippen LogP contribution in [0.15, 0.2) is 42.5 Å². The van der Waals surface area contributed by atoms with Crippen LogP contribution in [0, 0.1) is 5.82 Å². The average molecular weight is 473 g/mol. The van der Waals surface area contributed by atoms with Crippen molar-refractivity contribution in [1.82, 2.24) is 5.32 Å². The Morgan fingerprint density at radius 1 is 1.13 bits per heavy atom. The normalized spacial score (nSPS) is 11.5. The summed E-state index contributed by atoms with van der Waals surface area (Å²) in [6.07, 6.45) is 2.17. The minimum atomic E-state index is -0.950. The summed E-state index contributed by atoms with van der Waals surface area (Å²) in [4.78, 5) is 36.9. The molecule has 6 nitrogen and oxygen atoms in total. The first-order valence-corrected chi connectivity index (χ1v) is 10.9. The molecule has 0 saturated heterocycles. The first kappa shape index (κ1) is 24.0. The second-order valence-corrected chi connectivity index (χ2v) is 7.87. The molecule has 2 aromatic carbocycles. The Morgan fingerprint density at radius 3 is 2.53 bits per heavy atom. The highest BCUT2D eigenvalue weighted by Crippen LogP contribution is 2.19. The van der Waals surface area contributed by atoms with Crippen LogP contribution in [0.25, 0.3) is 0 Å². The zero-order chi connectivity index (χ0) is 22.1. The maximum Gasteiger partial charge on any atom is 0.329 e. The summed E-state index contributed by atoms with van der Waals surface area (Å²) in [6.45, 7) is -0.578. The van der Waals surface area contributed by atoms with Gasteiger partial charge >= 0.3 is 5.97 Å². The molecular weight excluding hydrogens is 454 g/mol. The fourth-order valence-corrected chi connectivity index (χ4v) is 3.25. The fourth-order valence-electron chi connectivity index (χ4n) is 2.37. The number of rotatable bonds is 9. The van der Waals surface area contributed by atoms with Crippen LogP contribution in [-0.2, 0) is 14.3 Å². The molecule has 10 heteroatoms. The average Bonchev–Trinajstić information content (AvgIpc) is 2.72. The van der Waals surface area contributed by atoms with E-state index >= 15 is 0 Å². The second kappa shape index (κ2) is 11.8. The van der Waals surface area contributed by atoms with Crippen molar-refractivity contribution in [3.8, 4) is 0 Å². The monoisotopic (exact) mass is 472 g/mol. The number of thioether (sulfide) groups is 1. The topological polar surface area (TPSA) is 84.5 Å². The molecule has 0 fully saturated rings. The molecular formula is C20H19Cl2FN2O4S. The van der Waals surface area contributed by atoms with Crippen molar-refractivity contribution < 1.29 is 23.5 Å². The zero-order valence-electron chi connectivity index (χ0n) is 15.9. The van der Waals surface area contributed by atoms with Crippen LogP contribution in [0.5, 0.6) is 0 Å². The Hall–Kier alpha value is -2.29. The van der Waals surface area contributed by atoms with Crippen molar-refractivity contribution in [1.29, 1.82) is 0 Å². The summed E-state index contributed by atoms with van der Waals surface area (Å²) < 4.78 is 18.2. The number of amides is 2. The molecule has 0 aliphatic rings. The van der Waals surface area contributed by atoms with Crippen LogP contribution in [0.1, 0.15) is 16.8 Å². The van der Waals surface area contributed by atoms with Gasteiger partial charge in [0.1, 0.15) is 11.9 Å². The number of benzene rings is 2. The Balaban J connectivity index is 1.95. The highest BCUT2D eigenvalue weighted by molar-refractivity contribution is 7.98. The van der Waals surface area contributed by atoms with Gasteiger partial charge in [-0.1, -0.05) is 35.3 Å². The molecule has 0 heterocycles. The lowest BCUT2D eigenvalue weighted by atomic mass is 10.1. The summed E-state index contributed by atoms with van der Waals surface area (Å²) in [5.74, 6) is -1.94. The van der Waals surface area contributed by atoms with Gasteiger partial charge in [0.2, 0.25) is 0 Å². The molecule has 0 spiro atoms. The molecule has 0 aliphatic carbocycles. The third kappa shape index (κ3) is 7.19. The van der Waals surface area contributed by atoms with Crippen LogP contribution < -0.4 is 10.6 Å². The summed E-state index contributed by atoms with van der Waals surface area (Å²) >= 11 is 13.2. The summed E-state index contributed by atoms with van der Waals surface area (Å²) in [6, 6.07) is 9.16. The number of hydrogen-bond acceptors (Lipinski definition) is 5. The molecule has 2 rings (SSSR count). The first-order chi connectivity index (χ1) is 14.3. The van der Waals surface area contributed by atoms with Gasteiger partial charge in [0.15, 0.2) is 6.61 Å². The van der Waals surface area contributed by atoms with Crippen LogP contribution in [-0.4, -0.2) is 42.4 Å². The number of hydrogen-bond donors (Lipinski definition) is 2. The van der Waals surface area contributed by atoms with E-state index in [1.807, 2.05) is 6.26 Å². The van der Waals surface area contributed by atoms with Crippen molar-refractivity contribution in [3.63, 3.8) is 0 Å². The number of carbonyl (C=O) groups is 3. The van der Waals surface area contributed by atoms with Crippen molar-refractivity contribution in [2.45, 2.75) is 12.5 Å². The predicted octanol–water partition coefficient (Wildman–Crippen LogP) is 4.17. The van der Waals surface area contributed by atoms with Gasteiger partial charge in [-0.15, -0.1) is 0 Å². The molecule has 0 radical (unpaired) electrons. The van der Waals surface area contributed by atoms with Crippen molar-refractivity contribution in [2.75, 3.05) is 23.9 Å². The van der Waals surface area contributed by atoms with Gasteiger partial charge in [-0.2, -0.15) is 11.8 Å².